The lowest BCUT2D eigenvalue weighted by atomic mass is 10.2. The third-order valence-corrected chi connectivity index (χ3v) is 8.73. The summed E-state index contributed by atoms with van der Waals surface area (Å²) >= 11 is 1.39. The summed E-state index contributed by atoms with van der Waals surface area (Å²) in [5, 5.41) is 0.522. The van der Waals surface area contributed by atoms with E-state index in [-0.39, 0.29) is 17.3 Å². The minimum Gasteiger partial charge on any atom is -0.494 e. The van der Waals surface area contributed by atoms with Crippen molar-refractivity contribution in [2.75, 3.05) is 24.6 Å². The number of nitrogens with zero attached hydrogens (tertiary/aromatic N) is 4. The number of rotatable bonds is 10. The van der Waals surface area contributed by atoms with Crippen LogP contribution in [-0.4, -0.2) is 48.3 Å². The Balaban J connectivity index is 1.70. The summed E-state index contributed by atoms with van der Waals surface area (Å²) < 4.78 is 33.6. The van der Waals surface area contributed by atoms with Crippen molar-refractivity contribution in [3.05, 3.63) is 78.1 Å². The highest BCUT2D eigenvalue weighted by atomic mass is 32.2. The van der Waals surface area contributed by atoms with Crippen LogP contribution in [0.3, 0.4) is 0 Å². The summed E-state index contributed by atoms with van der Waals surface area (Å²) in [6.07, 6.45) is 1.68. The molecule has 0 spiro atoms. The molecule has 0 unspecified atom stereocenters. The summed E-state index contributed by atoms with van der Waals surface area (Å²) in [5.41, 5.74) is 1.83. The number of hydrogen-bond donors (Lipinski definition) is 0. The lowest BCUT2D eigenvalue weighted by Gasteiger charge is -2.21. The van der Waals surface area contributed by atoms with E-state index < -0.39 is 10.0 Å². The first-order valence-corrected chi connectivity index (χ1v) is 14.0. The van der Waals surface area contributed by atoms with E-state index in [1.165, 1.54) is 27.8 Å². The number of carbonyl (C=O) groups excluding carboxylic acids is 1. The Kier molecular flexibility index (Phi) is 7.97. The van der Waals surface area contributed by atoms with Crippen molar-refractivity contribution in [2.45, 2.75) is 32.2 Å². The van der Waals surface area contributed by atoms with E-state index >= 15 is 0 Å². The van der Waals surface area contributed by atoms with E-state index in [2.05, 4.69) is 4.98 Å². The van der Waals surface area contributed by atoms with Crippen LogP contribution in [0.1, 0.15) is 36.8 Å². The second-order valence-electron chi connectivity index (χ2n) is 7.89. The van der Waals surface area contributed by atoms with Gasteiger partial charge in [-0.05, 0) is 61.5 Å². The lowest BCUT2D eigenvalue weighted by molar-refractivity contribution is 0.0984. The van der Waals surface area contributed by atoms with E-state index in [0.717, 1.165) is 16.0 Å². The molecule has 0 aliphatic carbocycles. The Bertz CT molecular complexity index is 1430. The molecular weight excluding hydrogens is 496 g/mol. The van der Waals surface area contributed by atoms with Crippen LogP contribution in [0.4, 0.5) is 5.13 Å². The predicted octanol–water partition coefficient (Wildman–Crippen LogP) is 4.97. The van der Waals surface area contributed by atoms with Crippen LogP contribution >= 0.6 is 11.3 Å². The minimum absolute atomic E-state index is 0.155. The number of amides is 1. The first kappa shape index (κ1) is 25.7. The van der Waals surface area contributed by atoms with Gasteiger partial charge in [0, 0.05) is 24.8 Å². The molecule has 36 heavy (non-hydrogen) atoms. The maximum absolute atomic E-state index is 13.7. The molecule has 8 nitrogen and oxygen atoms in total. The van der Waals surface area contributed by atoms with Crippen LogP contribution in [0.25, 0.3) is 10.2 Å². The SMILES string of the molecule is CCOc1ccc2nc(N(Cc3ccccn3)C(=O)c3ccc(S(=O)(=O)N(CC)CC)cc3)sc2c1. The molecular formula is C26H28N4O4S2. The van der Waals surface area contributed by atoms with Crippen molar-refractivity contribution in [1.29, 1.82) is 0 Å². The Morgan fingerprint density at radius 1 is 1.00 bits per heavy atom. The molecule has 2 aromatic heterocycles. The van der Waals surface area contributed by atoms with E-state index in [0.29, 0.717) is 36.1 Å². The smallest absolute Gasteiger partial charge is 0.260 e. The zero-order chi connectivity index (χ0) is 25.7. The fourth-order valence-electron chi connectivity index (χ4n) is 3.78. The van der Waals surface area contributed by atoms with E-state index in [4.69, 9.17) is 9.72 Å². The monoisotopic (exact) mass is 524 g/mol. The maximum atomic E-state index is 13.7. The number of aromatic nitrogens is 2. The maximum Gasteiger partial charge on any atom is 0.260 e. The van der Waals surface area contributed by atoms with Gasteiger partial charge in [0.15, 0.2) is 5.13 Å². The van der Waals surface area contributed by atoms with Gasteiger partial charge in [0.2, 0.25) is 10.0 Å². The van der Waals surface area contributed by atoms with Crippen LogP contribution in [-0.2, 0) is 16.6 Å². The molecule has 0 radical (unpaired) electrons. The van der Waals surface area contributed by atoms with Gasteiger partial charge in [0.05, 0.1) is 34.0 Å². The van der Waals surface area contributed by atoms with Crippen molar-refractivity contribution >= 4 is 42.6 Å². The number of anilines is 1. The highest BCUT2D eigenvalue weighted by Crippen LogP contribution is 2.33. The fourth-order valence-corrected chi connectivity index (χ4v) is 6.23. The third kappa shape index (κ3) is 5.40. The zero-order valence-electron chi connectivity index (χ0n) is 20.4. The Labute approximate surface area is 215 Å². The number of carbonyl (C=O) groups is 1. The molecule has 4 aromatic rings. The summed E-state index contributed by atoms with van der Waals surface area (Å²) in [4.78, 5) is 24.5. The van der Waals surface area contributed by atoms with Crippen LogP contribution < -0.4 is 9.64 Å². The number of thiazole rings is 1. The average molecular weight is 525 g/mol. The van der Waals surface area contributed by atoms with E-state index in [1.54, 1.807) is 37.1 Å². The minimum atomic E-state index is -3.61. The van der Waals surface area contributed by atoms with Crippen molar-refractivity contribution in [3.8, 4) is 5.75 Å². The molecule has 0 saturated carbocycles. The fraction of sp³-hybridized carbons (Fsp3) is 0.269. The molecule has 0 fully saturated rings. The molecule has 2 heterocycles. The summed E-state index contributed by atoms with van der Waals surface area (Å²) in [7, 11) is -3.61. The molecule has 0 bridgehead atoms. The summed E-state index contributed by atoms with van der Waals surface area (Å²) in [6.45, 7) is 7.04. The van der Waals surface area contributed by atoms with Gasteiger partial charge >= 0.3 is 0 Å². The van der Waals surface area contributed by atoms with Gasteiger partial charge in [-0.1, -0.05) is 31.3 Å². The molecule has 0 N–H and O–H groups in total. The molecule has 2 aromatic carbocycles. The molecule has 10 heteroatoms. The molecule has 0 atom stereocenters. The molecule has 188 valence electrons. The van der Waals surface area contributed by atoms with Crippen molar-refractivity contribution in [1.82, 2.24) is 14.3 Å². The molecule has 4 rings (SSSR count). The molecule has 0 aliphatic heterocycles. The Morgan fingerprint density at radius 3 is 2.39 bits per heavy atom. The van der Waals surface area contributed by atoms with E-state index in [1.807, 2.05) is 43.3 Å². The lowest BCUT2D eigenvalue weighted by Crippen LogP contribution is -2.31. The molecule has 1 amide bonds. The second-order valence-corrected chi connectivity index (χ2v) is 10.8. The number of ether oxygens (including phenoxy) is 1. The zero-order valence-corrected chi connectivity index (χ0v) is 22.1. The normalized spacial score (nSPS) is 11.7. The quantitative estimate of drug-likeness (QED) is 0.291. The average Bonchev–Trinajstić information content (AvgIpc) is 3.31. The topological polar surface area (TPSA) is 92.7 Å². The predicted molar refractivity (Wildman–Crippen MR) is 142 cm³/mol. The van der Waals surface area contributed by atoms with Gasteiger partial charge in [0.1, 0.15) is 5.75 Å². The summed E-state index contributed by atoms with van der Waals surface area (Å²) in [5.74, 6) is 0.448. The van der Waals surface area contributed by atoms with Crippen LogP contribution in [0.5, 0.6) is 5.75 Å². The number of hydrogen-bond acceptors (Lipinski definition) is 7. The number of sulfonamides is 1. The number of pyridine rings is 1. The van der Waals surface area contributed by atoms with Crippen molar-refractivity contribution in [2.24, 2.45) is 0 Å². The first-order valence-electron chi connectivity index (χ1n) is 11.7. The number of fused-ring (bicyclic) bond motifs is 1. The Hall–Kier alpha value is -3.34. The first-order chi connectivity index (χ1) is 17.4. The van der Waals surface area contributed by atoms with Crippen LogP contribution in [0, 0.1) is 0 Å². The van der Waals surface area contributed by atoms with Crippen molar-refractivity contribution < 1.29 is 17.9 Å². The van der Waals surface area contributed by atoms with Gasteiger partial charge < -0.3 is 4.74 Å². The highest BCUT2D eigenvalue weighted by Gasteiger charge is 2.25. The van der Waals surface area contributed by atoms with Crippen LogP contribution in [0.2, 0.25) is 0 Å². The van der Waals surface area contributed by atoms with Gasteiger partial charge in [0.25, 0.3) is 5.91 Å². The van der Waals surface area contributed by atoms with E-state index in [9.17, 15) is 13.2 Å². The standard InChI is InChI=1S/C26H28N4O4S2/c1-4-29(5-2)36(32,33)22-13-10-19(11-14-22)25(31)30(18-20-9-7-8-16-27-20)26-28-23-15-12-21(34-6-3)17-24(23)35-26/h7-17H,4-6,18H2,1-3H3. The highest BCUT2D eigenvalue weighted by molar-refractivity contribution is 7.89. The van der Waals surface area contributed by atoms with Crippen LogP contribution in [0.15, 0.2) is 71.8 Å². The largest absolute Gasteiger partial charge is 0.494 e. The third-order valence-electron chi connectivity index (χ3n) is 5.63. The van der Waals surface area contributed by atoms with Gasteiger partial charge in [-0.15, -0.1) is 0 Å². The van der Waals surface area contributed by atoms with Gasteiger partial charge in [-0.3, -0.25) is 14.7 Å². The second kappa shape index (κ2) is 11.2. The summed E-state index contributed by atoms with van der Waals surface area (Å²) in [6, 6.07) is 17.2. The van der Waals surface area contributed by atoms with Gasteiger partial charge in [-0.2, -0.15) is 4.31 Å². The van der Waals surface area contributed by atoms with Crippen molar-refractivity contribution in [3.63, 3.8) is 0 Å². The molecule has 0 saturated heterocycles. The van der Waals surface area contributed by atoms with Gasteiger partial charge in [-0.25, -0.2) is 13.4 Å². The number of benzene rings is 2. The molecule has 0 aliphatic rings. The Morgan fingerprint density at radius 2 is 1.75 bits per heavy atom.